The van der Waals surface area contributed by atoms with E-state index < -0.39 is 29.9 Å². The summed E-state index contributed by atoms with van der Waals surface area (Å²) >= 11 is 0. The number of nitrogens with zero attached hydrogens (tertiary/aromatic N) is 1. The number of benzene rings is 1. The summed E-state index contributed by atoms with van der Waals surface area (Å²) in [5, 5.41) is 12.0. The summed E-state index contributed by atoms with van der Waals surface area (Å²) in [6, 6.07) is 8.19. The van der Waals surface area contributed by atoms with E-state index in [1.807, 2.05) is 0 Å². The Kier molecular flexibility index (Phi) is 7.87. The molecule has 1 aliphatic rings. The van der Waals surface area contributed by atoms with Crippen molar-refractivity contribution in [1.29, 1.82) is 0 Å². The number of nitrogens with one attached hydrogen (secondary N) is 1. The number of carbonyl (C=O) groups excluding carboxylic acids is 1. The molecule has 1 aromatic heterocycles. The van der Waals surface area contributed by atoms with E-state index in [2.05, 4.69) is 10.3 Å². The lowest BCUT2D eigenvalue weighted by Gasteiger charge is -2.37. The second-order valence-electron chi connectivity index (χ2n) is 7.34. The molecule has 0 aliphatic carbocycles. The molecule has 3 atom stereocenters. The molecule has 0 fully saturated rings. The second-order valence-corrected chi connectivity index (χ2v) is 7.34. The number of aliphatic hydroxyl groups is 1. The summed E-state index contributed by atoms with van der Waals surface area (Å²) in [4.78, 5) is 16.8. The van der Waals surface area contributed by atoms with Crippen LogP contribution in [-0.4, -0.2) is 35.5 Å². The van der Waals surface area contributed by atoms with Gasteiger partial charge in [-0.05, 0) is 55.7 Å². The highest BCUT2D eigenvalue weighted by Crippen LogP contribution is 2.40. The molecule has 1 aromatic carbocycles. The Bertz CT molecular complexity index is 917. The van der Waals surface area contributed by atoms with Crippen molar-refractivity contribution in [3.8, 4) is 0 Å². The first-order chi connectivity index (χ1) is 15.3. The third-order valence-electron chi connectivity index (χ3n) is 5.18. The highest BCUT2D eigenvalue weighted by atomic mass is 19.4. The molecule has 32 heavy (non-hydrogen) atoms. The average Bonchev–Trinajstić information content (AvgIpc) is 2.78. The van der Waals surface area contributed by atoms with Crippen molar-refractivity contribution in [1.82, 2.24) is 4.98 Å². The number of aliphatic hydroxyl groups excluding tert-OH is 1. The fraction of sp³-hybridized carbons (Fsp3) is 0.391. The lowest BCUT2D eigenvalue weighted by molar-refractivity contribution is -0.165. The first-order valence-corrected chi connectivity index (χ1v) is 10.3. The topological polar surface area (TPSA) is 80.7 Å². The first kappa shape index (κ1) is 23.7. The molecule has 2 heterocycles. The van der Waals surface area contributed by atoms with Gasteiger partial charge < -0.3 is 19.9 Å². The molecule has 0 unspecified atom stereocenters. The average molecular weight is 450 g/mol. The Morgan fingerprint density at radius 1 is 1.25 bits per heavy atom. The smallest absolute Gasteiger partial charge is 0.416 e. The van der Waals surface area contributed by atoms with Crippen molar-refractivity contribution in [2.24, 2.45) is 5.92 Å². The largest absolute Gasteiger partial charge is 0.459 e. The number of hydrogen-bond acceptors (Lipinski definition) is 5. The molecule has 9 heteroatoms. The molecule has 2 aromatic rings. The molecule has 1 amide bonds. The van der Waals surface area contributed by atoms with Gasteiger partial charge in [-0.15, -0.1) is 0 Å². The molecule has 0 radical (unpaired) electrons. The van der Waals surface area contributed by atoms with Gasteiger partial charge in [-0.1, -0.05) is 12.1 Å². The zero-order valence-corrected chi connectivity index (χ0v) is 17.5. The van der Waals surface area contributed by atoms with E-state index >= 15 is 0 Å². The van der Waals surface area contributed by atoms with Crippen LogP contribution in [0.5, 0.6) is 0 Å². The summed E-state index contributed by atoms with van der Waals surface area (Å²) in [6.07, 6.45) is 0.385. The van der Waals surface area contributed by atoms with Crippen molar-refractivity contribution < 1.29 is 32.5 Å². The van der Waals surface area contributed by atoms with Crippen molar-refractivity contribution in [2.45, 2.75) is 38.1 Å². The van der Waals surface area contributed by atoms with Crippen LogP contribution < -0.4 is 5.32 Å². The third kappa shape index (κ3) is 5.86. The molecule has 3 rings (SSSR count). The maximum Gasteiger partial charge on any atom is 0.416 e. The number of halogens is 3. The summed E-state index contributed by atoms with van der Waals surface area (Å²) in [6.45, 7) is 2.05. The van der Waals surface area contributed by atoms with Gasteiger partial charge in [0.15, 0.2) is 5.76 Å². The van der Waals surface area contributed by atoms with Crippen molar-refractivity contribution in [2.75, 3.05) is 18.5 Å². The number of carbonyl (C=O) groups is 1. The number of allylic oxidation sites excluding steroid dienone is 1. The molecule has 172 valence electrons. The van der Waals surface area contributed by atoms with Crippen LogP contribution in [-0.2, 0) is 20.4 Å². The molecular formula is C23H25F3N2O4. The Morgan fingerprint density at radius 2 is 2.00 bits per heavy atom. The van der Waals surface area contributed by atoms with Crippen LogP contribution >= 0.6 is 0 Å². The summed E-state index contributed by atoms with van der Waals surface area (Å²) in [5.41, 5.74) is 0.323. The van der Waals surface area contributed by atoms with E-state index in [1.165, 1.54) is 18.3 Å². The van der Waals surface area contributed by atoms with Crippen molar-refractivity contribution in [3.63, 3.8) is 0 Å². The monoisotopic (exact) mass is 450 g/mol. The minimum atomic E-state index is -4.44. The van der Waals surface area contributed by atoms with Crippen LogP contribution in [0.15, 0.2) is 60.6 Å². The predicted octanol–water partition coefficient (Wildman–Crippen LogP) is 4.49. The summed E-state index contributed by atoms with van der Waals surface area (Å²) in [7, 11) is 0. The molecular weight excluding hydrogens is 425 g/mol. The van der Waals surface area contributed by atoms with Gasteiger partial charge in [0.25, 0.3) is 5.91 Å². The molecule has 1 aliphatic heterocycles. The van der Waals surface area contributed by atoms with Gasteiger partial charge in [0.05, 0.1) is 17.4 Å². The molecule has 0 saturated carbocycles. The van der Waals surface area contributed by atoms with Crippen LogP contribution in [0.4, 0.5) is 18.9 Å². The van der Waals surface area contributed by atoms with Crippen molar-refractivity contribution >= 4 is 11.6 Å². The van der Waals surface area contributed by atoms with Crippen LogP contribution in [0.25, 0.3) is 0 Å². The highest BCUT2D eigenvalue weighted by Gasteiger charge is 2.38. The maximum atomic E-state index is 13.0. The predicted molar refractivity (Wildman–Crippen MR) is 111 cm³/mol. The Hall–Kier alpha value is -2.91. The van der Waals surface area contributed by atoms with Crippen LogP contribution in [0, 0.1) is 5.92 Å². The lowest BCUT2D eigenvalue weighted by atomic mass is 9.80. The van der Waals surface area contributed by atoms with E-state index in [9.17, 15) is 23.1 Å². The number of aromatic nitrogens is 1. The van der Waals surface area contributed by atoms with Gasteiger partial charge in [0.1, 0.15) is 0 Å². The quantitative estimate of drug-likeness (QED) is 0.620. The number of amides is 1. The number of pyridine rings is 1. The molecule has 0 saturated heterocycles. The SMILES string of the molecule is CCO[C@@H]1OC(C(=O)Nc2cccnc2)=C[C@H](c2ccc(C(F)(F)F)cc2)[C@@H]1CCCO. The Morgan fingerprint density at radius 3 is 2.59 bits per heavy atom. The summed E-state index contributed by atoms with van der Waals surface area (Å²) in [5.74, 6) is -1.24. The molecule has 6 nitrogen and oxygen atoms in total. The Labute approximate surface area is 184 Å². The van der Waals surface area contributed by atoms with Gasteiger partial charge in [-0.25, -0.2) is 0 Å². The molecule has 0 bridgehead atoms. The number of ether oxygens (including phenoxy) is 2. The standard InChI is InChI=1S/C23H25F3N2O4/c1-2-31-22-18(6-4-12-29)19(15-7-9-16(10-8-15)23(24,25)26)13-20(32-22)21(30)28-17-5-3-11-27-14-17/h3,5,7-11,13-14,18-19,22,29H,2,4,6,12H2,1H3,(H,28,30)/t18-,19+,22+/m0/s1. The van der Waals surface area contributed by atoms with E-state index in [1.54, 1.807) is 31.3 Å². The van der Waals surface area contributed by atoms with Gasteiger partial charge in [0.2, 0.25) is 6.29 Å². The van der Waals surface area contributed by atoms with Crippen LogP contribution in [0.2, 0.25) is 0 Å². The number of hydrogen-bond donors (Lipinski definition) is 2. The minimum Gasteiger partial charge on any atom is -0.459 e. The normalized spacial score (nSPS) is 20.9. The molecule has 0 spiro atoms. The fourth-order valence-corrected chi connectivity index (χ4v) is 3.67. The van der Waals surface area contributed by atoms with E-state index in [-0.39, 0.29) is 18.3 Å². The van der Waals surface area contributed by atoms with E-state index in [4.69, 9.17) is 9.47 Å². The zero-order chi connectivity index (χ0) is 23.1. The third-order valence-corrected chi connectivity index (χ3v) is 5.18. The summed E-state index contributed by atoms with van der Waals surface area (Å²) < 4.78 is 50.6. The van der Waals surface area contributed by atoms with Gasteiger partial charge in [-0.2, -0.15) is 13.2 Å². The maximum absolute atomic E-state index is 13.0. The number of anilines is 1. The zero-order valence-electron chi connectivity index (χ0n) is 17.5. The first-order valence-electron chi connectivity index (χ1n) is 10.3. The van der Waals surface area contributed by atoms with Gasteiger partial charge in [0, 0.05) is 31.2 Å². The van der Waals surface area contributed by atoms with Gasteiger partial charge >= 0.3 is 6.18 Å². The number of alkyl halides is 3. The minimum absolute atomic E-state index is 0.0115. The Balaban J connectivity index is 1.95. The second kappa shape index (κ2) is 10.6. The van der Waals surface area contributed by atoms with Crippen LogP contribution in [0.1, 0.15) is 36.8 Å². The molecule has 2 N–H and O–H groups in total. The number of rotatable bonds is 8. The highest BCUT2D eigenvalue weighted by molar-refractivity contribution is 6.02. The van der Waals surface area contributed by atoms with E-state index in [0.29, 0.717) is 30.7 Å². The fourth-order valence-electron chi connectivity index (χ4n) is 3.67. The van der Waals surface area contributed by atoms with Gasteiger partial charge in [-0.3, -0.25) is 9.78 Å². The van der Waals surface area contributed by atoms with Crippen LogP contribution in [0.3, 0.4) is 0 Å². The lowest BCUT2D eigenvalue weighted by Crippen LogP contribution is -2.37. The van der Waals surface area contributed by atoms with E-state index in [0.717, 1.165) is 12.1 Å². The van der Waals surface area contributed by atoms with Crippen molar-refractivity contribution in [3.05, 3.63) is 71.8 Å².